The second-order valence-electron chi connectivity index (χ2n) is 10.1. The lowest BCUT2D eigenvalue weighted by molar-refractivity contribution is -0.139. The van der Waals surface area contributed by atoms with Gasteiger partial charge in [-0.05, 0) is 55.9 Å². The zero-order valence-electron chi connectivity index (χ0n) is 21.4. The third-order valence-corrected chi connectivity index (χ3v) is 10.5. The van der Waals surface area contributed by atoms with Gasteiger partial charge in [-0.1, -0.05) is 42.5 Å². The molecule has 0 saturated carbocycles. The van der Waals surface area contributed by atoms with Crippen molar-refractivity contribution in [1.29, 1.82) is 0 Å². The molecule has 0 aliphatic carbocycles. The number of carboxylic acid groups (broad SMARTS) is 2. The largest absolute Gasteiger partial charge is 0.480 e. The van der Waals surface area contributed by atoms with Crippen LogP contribution in [0.1, 0.15) is 46.5 Å². The van der Waals surface area contributed by atoms with E-state index >= 15 is 0 Å². The molecule has 3 N–H and O–H groups in total. The number of sulfonamides is 1. The maximum absolute atomic E-state index is 13.3. The minimum absolute atomic E-state index is 0.0116. The van der Waals surface area contributed by atoms with Gasteiger partial charge in [0.1, 0.15) is 5.75 Å². The van der Waals surface area contributed by atoms with Crippen molar-refractivity contribution >= 4 is 39.0 Å². The van der Waals surface area contributed by atoms with Gasteiger partial charge in [0, 0.05) is 34.3 Å². The third kappa shape index (κ3) is 5.80. The molecule has 9 nitrogen and oxygen atoms in total. The lowest BCUT2D eigenvalue weighted by atomic mass is 9.99. The Morgan fingerprint density at radius 1 is 1.05 bits per heavy atom. The Labute approximate surface area is 231 Å². The lowest BCUT2D eigenvalue weighted by Gasteiger charge is -2.38. The van der Waals surface area contributed by atoms with Crippen LogP contribution in [0.15, 0.2) is 54.6 Å². The van der Waals surface area contributed by atoms with Crippen LogP contribution in [-0.2, 0) is 20.6 Å². The van der Waals surface area contributed by atoms with Gasteiger partial charge in [0.25, 0.3) is 0 Å². The Morgan fingerprint density at radius 2 is 1.74 bits per heavy atom. The standard InChI is InChI=1S/C28H30N2O7S2/c1-17-25(37-15-24(31)32)27(28(33)34)38-26(17)19-8-5-9-20(12-19)29-21-13-22-10-11-23(14-21)30(22)39(35,36)16-18-6-3-2-4-7-18/h2-9,12,21-23,29H,10-11,13-16H2,1H3,(H,31,32)(H,33,34). The number of benzene rings is 2. The van der Waals surface area contributed by atoms with E-state index in [0.717, 1.165) is 41.0 Å². The highest BCUT2D eigenvalue weighted by Crippen LogP contribution is 2.43. The van der Waals surface area contributed by atoms with Gasteiger partial charge >= 0.3 is 11.9 Å². The molecule has 2 bridgehead atoms. The first kappa shape index (κ1) is 27.2. The molecule has 0 spiro atoms. The number of carbonyl (C=O) groups is 2. The molecule has 0 radical (unpaired) electrons. The Morgan fingerprint density at radius 3 is 2.38 bits per heavy atom. The van der Waals surface area contributed by atoms with Gasteiger partial charge < -0.3 is 20.3 Å². The highest BCUT2D eigenvalue weighted by atomic mass is 32.2. The van der Waals surface area contributed by atoms with Gasteiger partial charge in [-0.3, -0.25) is 0 Å². The van der Waals surface area contributed by atoms with Crippen molar-refractivity contribution in [3.8, 4) is 16.2 Å². The van der Waals surface area contributed by atoms with Gasteiger partial charge in [-0.15, -0.1) is 11.3 Å². The number of fused-ring (bicyclic) bond motifs is 2. The summed E-state index contributed by atoms with van der Waals surface area (Å²) >= 11 is 1.05. The van der Waals surface area contributed by atoms with Crippen LogP contribution in [0.5, 0.6) is 5.75 Å². The van der Waals surface area contributed by atoms with Crippen molar-refractivity contribution in [2.45, 2.75) is 56.5 Å². The van der Waals surface area contributed by atoms with Crippen LogP contribution >= 0.6 is 11.3 Å². The van der Waals surface area contributed by atoms with Crippen LogP contribution in [0, 0.1) is 6.92 Å². The topological polar surface area (TPSA) is 133 Å². The first-order valence-corrected chi connectivity index (χ1v) is 15.2. The Kier molecular flexibility index (Phi) is 7.66. The number of nitrogens with zero attached hydrogens (tertiary/aromatic N) is 1. The maximum Gasteiger partial charge on any atom is 0.349 e. The number of aliphatic carboxylic acids is 1. The van der Waals surface area contributed by atoms with Crippen LogP contribution in [0.2, 0.25) is 0 Å². The van der Waals surface area contributed by atoms with Crippen molar-refractivity contribution in [3.05, 3.63) is 70.6 Å². The number of piperidine rings is 1. The second-order valence-corrected chi connectivity index (χ2v) is 12.9. The second kappa shape index (κ2) is 11.0. The fraction of sp³-hybridized carbons (Fsp3) is 0.357. The highest BCUT2D eigenvalue weighted by Gasteiger charge is 2.46. The fourth-order valence-electron chi connectivity index (χ4n) is 5.77. The molecule has 0 amide bonds. The number of thiophene rings is 1. The van der Waals surface area contributed by atoms with Crippen molar-refractivity contribution in [3.63, 3.8) is 0 Å². The SMILES string of the molecule is Cc1c(-c2cccc(NC3CC4CCC(C3)N4S(=O)(=O)Cc3ccccc3)c2)sc(C(=O)O)c1OCC(=O)O. The highest BCUT2D eigenvalue weighted by molar-refractivity contribution is 7.88. The Hall–Kier alpha value is -3.41. The molecule has 1 aromatic heterocycles. The summed E-state index contributed by atoms with van der Waals surface area (Å²) in [6.07, 6.45) is 3.12. The number of rotatable bonds is 10. The summed E-state index contributed by atoms with van der Waals surface area (Å²) < 4.78 is 33.7. The molecule has 11 heteroatoms. The molecule has 2 saturated heterocycles. The first-order chi connectivity index (χ1) is 18.6. The molecule has 206 valence electrons. The zero-order chi connectivity index (χ0) is 27.7. The van der Waals surface area contributed by atoms with Gasteiger partial charge in [0.15, 0.2) is 11.5 Å². The van der Waals surface area contributed by atoms with E-state index in [-0.39, 0.29) is 34.5 Å². The summed E-state index contributed by atoms with van der Waals surface area (Å²) in [5.74, 6) is -2.27. The van der Waals surface area contributed by atoms with Gasteiger partial charge in [-0.2, -0.15) is 4.31 Å². The smallest absolute Gasteiger partial charge is 0.349 e. The number of ether oxygens (including phenoxy) is 1. The number of hydrogen-bond acceptors (Lipinski definition) is 7. The minimum Gasteiger partial charge on any atom is -0.480 e. The molecule has 5 rings (SSSR count). The van der Waals surface area contributed by atoms with Crippen LogP contribution in [-0.4, -0.2) is 59.6 Å². The maximum atomic E-state index is 13.3. The van der Waals surface area contributed by atoms with E-state index < -0.39 is 28.6 Å². The van der Waals surface area contributed by atoms with Crippen molar-refractivity contribution in [2.24, 2.45) is 0 Å². The van der Waals surface area contributed by atoms with Crippen molar-refractivity contribution in [1.82, 2.24) is 4.31 Å². The number of aromatic carboxylic acids is 1. The number of anilines is 1. The average molecular weight is 571 g/mol. The Balaban J connectivity index is 1.31. The monoisotopic (exact) mass is 570 g/mol. The Bertz CT molecular complexity index is 1470. The molecular formula is C28H30N2O7S2. The van der Waals surface area contributed by atoms with E-state index in [4.69, 9.17) is 9.84 Å². The molecule has 3 aromatic rings. The van der Waals surface area contributed by atoms with E-state index in [2.05, 4.69) is 5.32 Å². The fourth-order valence-corrected chi connectivity index (χ4v) is 8.91. The molecule has 3 heterocycles. The molecule has 2 unspecified atom stereocenters. The molecule has 2 aliphatic rings. The number of hydrogen-bond donors (Lipinski definition) is 3. The van der Waals surface area contributed by atoms with Crippen LogP contribution in [0.3, 0.4) is 0 Å². The molecular weight excluding hydrogens is 540 g/mol. The minimum atomic E-state index is -3.42. The number of carboxylic acids is 2. The summed E-state index contributed by atoms with van der Waals surface area (Å²) in [6, 6.07) is 16.9. The molecule has 2 atom stereocenters. The molecule has 39 heavy (non-hydrogen) atoms. The average Bonchev–Trinajstić information content (AvgIpc) is 3.37. The van der Waals surface area contributed by atoms with Crippen molar-refractivity contribution < 1.29 is 33.0 Å². The van der Waals surface area contributed by atoms with E-state index in [1.165, 1.54) is 0 Å². The van der Waals surface area contributed by atoms with Gasteiger partial charge in [-0.25, -0.2) is 18.0 Å². The van der Waals surface area contributed by atoms with Crippen LogP contribution in [0.25, 0.3) is 10.4 Å². The summed E-state index contributed by atoms with van der Waals surface area (Å²) in [5, 5.41) is 22.2. The van der Waals surface area contributed by atoms with Crippen molar-refractivity contribution in [2.75, 3.05) is 11.9 Å². The predicted molar refractivity (Wildman–Crippen MR) is 149 cm³/mol. The normalized spacial score (nSPS) is 21.0. The van der Waals surface area contributed by atoms with Crippen LogP contribution < -0.4 is 10.1 Å². The first-order valence-electron chi connectivity index (χ1n) is 12.8. The van der Waals surface area contributed by atoms with Gasteiger partial charge in [0.05, 0.1) is 5.75 Å². The predicted octanol–water partition coefficient (Wildman–Crippen LogP) is 4.82. The number of nitrogens with one attached hydrogen (secondary N) is 1. The quantitative estimate of drug-likeness (QED) is 0.316. The summed E-state index contributed by atoms with van der Waals surface area (Å²) in [6.45, 7) is 1.10. The van der Waals surface area contributed by atoms with E-state index in [1.54, 1.807) is 11.2 Å². The molecule has 2 fully saturated rings. The summed E-state index contributed by atoms with van der Waals surface area (Å²) in [4.78, 5) is 23.4. The lowest BCUT2D eigenvalue weighted by Crippen LogP contribution is -2.49. The third-order valence-electron chi connectivity index (χ3n) is 7.30. The molecule has 2 aliphatic heterocycles. The van der Waals surface area contributed by atoms with Gasteiger partial charge in [0.2, 0.25) is 10.0 Å². The summed E-state index contributed by atoms with van der Waals surface area (Å²) in [7, 11) is -3.42. The van der Waals surface area contributed by atoms with Crippen LogP contribution in [0.4, 0.5) is 5.69 Å². The molecule has 2 aromatic carbocycles. The van der Waals surface area contributed by atoms with E-state index in [0.29, 0.717) is 23.3 Å². The van der Waals surface area contributed by atoms with E-state index in [1.807, 2.05) is 54.6 Å². The zero-order valence-corrected chi connectivity index (χ0v) is 23.0. The van der Waals surface area contributed by atoms with E-state index in [9.17, 15) is 23.1 Å². The summed E-state index contributed by atoms with van der Waals surface area (Å²) in [5.41, 5.74) is 3.02.